The molecule has 1 atom stereocenters. The van der Waals surface area contributed by atoms with Gasteiger partial charge in [0.05, 0.1) is 18.3 Å². The Balaban J connectivity index is 2.07. The Kier molecular flexibility index (Phi) is 4.57. The molecule has 8 heteroatoms. The van der Waals surface area contributed by atoms with E-state index in [0.29, 0.717) is 5.75 Å². The summed E-state index contributed by atoms with van der Waals surface area (Å²) in [5.41, 5.74) is -3.51. The number of pyridine rings is 1. The molecule has 1 aliphatic rings. The van der Waals surface area contributed by atoms with E-state index in [2.05, 4.69) is 4.98 Å². The second-order valence-corrected chi connectivity index (χ2v) is 6.32. The highest BCUT2D eigenvalue weighted by atomic mass is 19.4. The number of hydrogen-bond acceptors (Lipinski definition) is 4. The molecule has 1 fully saturated rings. The molecule has 1 amide bonds. The van der Waals surface area contributed by atoms with E-state index in [-0.39, 0.29) is 13.2 Å². The second kappa shape index (κ2) is 5.99. The fourth-order valence-electron chi connectivity index (χ4n) is 2.55. The summed E-state index contributed by atoms with van der Waals surface area (Å²) in [4.78, 5) is 17.2. The summed E-state index contributed by atoms with van der Waals surface area (Å²) in [6, 6.07) is 3.25. The first-order valence-corrected chi connectivity index (χ1v) is 7.10. The van der Waals surface area contributed by atoms with Crippen molar-refractivity contribution in [3.63, 3.8) is 0 Å². The summed E-state index contributed by atoms with van der Waals surface area (Å²) in [7, 11) is 0. The van der Waals surface area contributed by atoms with E-state index in [0.717, 1.165) is 11.8 Å². The highest BCUT2D eigenvalue weighted by Gasteiger charge is 2.58. The van der Waals surface area contributed by atoms with E-state index in [9.17, 15) is 18.0 Å². The van der Waals surface area contributed by atoms with Gasteiger partial charge >= 0.3 is 6.18 Å². The first-order valence-electron chi connectivity index (χ1n) is 7.10. The summed E-state index contributed by atoms with van der Waals surface area (Å²) in [6.45, 7) is 3.16. The highest BCUT2D eigenvalue weighted by Crippen LogP contribution is 2.40. The minimum Gasteiger partial charge on any atom is -0.482 e. The molecule has 2 heterocycles. The maximum Gasteiger partial charge on any atom is 0.418 e. The van der Waals surface area contributed by atoms with Gasteiger partial charge in [0.2, 0.25) is 0 Å². The van der Waals surface area contributed by atoms with Gasteiger partial charge in [-0.1, -0.05) is 0 Å². The van der Waals surface area contributed by atoms with Crippen LogP contribution in [0.25, 0.3) is 0 Å². The normalized spacial score (nSPS) is 24.3. The third-order valence-electron chi connectivity index (χ3n) is 3.51. The van der Waals surface area contributed by atoms with E-state index in [1.54, 1.807) is 18.3 Å². The van der Waals surface area contributed by atoms with Crippen LogP contribution >= 0.6 is 0 Å². The molecular formula is C15H19F3N2O3. The lowest BCUT2D eigenvalue weighted by molar-refractivity contribution is -0.320. The lowest BCUT2D eigenvalue weighted by Crippen LogP contribution is -2.65. The van der Waals surface area contributed by atoms with Crippen LogP contribution in [0.4, 0.5) is 13.2 Å². The van der Waals surface area contributed by atoms with Crippen molar-refractivity contribution in [2.45, 2.75) is 38.1 Å². The molecule has 1 aromatic rings. The van der Waals surface area contributed by atoms with Crippen molar-refractivity contribution in [1.82, 2.24) is 9.88 Å². The van der Waals surface area contributed by atoms with Crippen LogP contribution in [0, 0.1) is 0 Å². The molecule has 0 N–H and O–H groups in total. The SMILES string of the molecule is CC1(C)CN(C(=O)COc2cccnc2)CC(C)(C(F)(F)F)O1. The fourth-order valence-corrected chi connectivity index (χ4v) is 2.55. The predicted octanol–water partition coefficient (Wildman–Crippen LogP) is 2.42. The van der Waals surface area contributed by atoms with Gasteiger partial charge in [0.15, 0.2) is 12.2 Å². The van der Waals surface area contributed by atoms with Gasteiger partial charge in [0.1, 0.15) is 5.75 Å². The van der Waals surface area contributed by atoms with E-state index < -0.39 is 29.8 Å². The molecular weight excluding hydrogens is 313 g/mol. The van der Waals surface area contributed by atoms with Crippen LogP contribution in [0.2, 0.25) is 0 Å². The molecule has 1 aromatic heterocycles. The number of ether oxygens (including phenoxy) is 2. The molecule has 0 saturated carbocycles. The molecule has 5 nitrogen and oxygen atoms in total. The molecule has 1 saturated heterocycles. The van der Waals surface area contributed by atoms with Crippen molar-refractivity contribution in [3.05, 3.63) is 24.5 Å². The molecule has 0 radical (unpaired) electrons. The Bertz CT molecular complexity index is 563. The number of amides is 1. The Morgan fingerprint density at radius 1 is 1.39 bits per heavy atom. The number of halogens is 3. The second-order valence-electron chi connectivity index (χ2n) is 6.32. The van der Waals surface area contributed by atoms with Gasteiger partial charge in [0.25, 0.3) is 5.91 Å². The Labute approximate surface area is 132 Å². The maximum atomic E-state index is 13.3. The number of rotatable bonds is 3. The molecule has 0 bridgehead atoms. The Hall–Kier alpha value is -1.83. The summed E-state index contributed by atoms with van der Waals surface area (Å²) < 4.78 is 50.2. The van der Waals surface area contributed by atoms with Gasteiger partial charge in [-0.25, -0.2) is 0 Å². The largest absolute Gasteiger partial charge is 0.482 e. The van der Waals surface area contributed by atoms with Gasteiger partial charge in [-0.15, -0.1) is 0 Å². The van der Waals surface area contributed by atoms with Crippen LogP contribution in [-0.4, -0.2) is 52.9 Å². The number of carbonyl (C=O) groups excluding carboxylic acids is 1. The first kappa shape index (κ1) is 17.5. The number of carbonyl (C=O) groups is 1. The standard InChI is InChI=1S/C15H19F3N2O3/c1-13(2)9-20(10-14(3,23-13)15(16,17)18)12(21)8-22-11-5-4-6-19-7-11/h4-7H,8-10H2,1-3H3. The highest BCUT2D eigenvalue weighted by molar-refractivity contribution is 5.78. The first-order chi connectivity index (χ1) is 10.5. The zero-order chi connectivity index (χ0) is 17.3. The summed E-state index contributed by atoms with van der Waals surface area (Å²) in [5, 5.41) is 0. The smallest absolute Gasteiger partial charge is 0.418 e. The molecule has 0 aliphatic carbocycles. The quantitative estimate of drug-likeness (QED) is 0.853. The third-order valence-corrected chi connectivity index (χ3v) is 3.51. The van der Waals surface area contributed by atoms with E-state index >= 15 is 0 Å². The van der Waals surface area contributed by atoms with Gasteiger partial charge in [0, 0.05) is 12.7 Å². The number of nitrogens with zero attached hydrogens (tertiary/aromatic N) is 2. The van der Waals surface area contributed by atoms with Crippen molar-refractivity contribution in [3.8, 4) is 5.75 Å². The number of alkyl halides is 3. The van der Waals surface area contributed by atoms with E-state index in [1.807, 2.05) is 0 Å². The van der Waals surface area contributed by atoms with Crippen LogP contribution in [0.3, 0.4) is 0 Å². The molecule has 0 spiro atoms. The summed E-state index contributed by atoms with van der Waals surface area (Å²) >= 11 is 0. The van der Waals surface area contributed by atoms with Crippen molar-refractivity contribution < 1.29 is 27.4 Å². The summed E-state index contributed by atoms with van der Waals surface area (Å²) in [5.74, 6) is -0.146. The number of aromatic nitrogens is 1. The molecule has 0 aromatic carbocycles. The van der Waals surface area contributed by atoms with Gasteiger partial charge in [-0.2, -0.15) is 13.2 Å². The minimum absolute atomic E-state index is 0.0634. The van der Waals surface area contributed by atoms with Crippen molar-refractivity contribution in [1.29, 1.82) is 0 Å². The number of morpholine rings is 1. The van der Waals surface area contributed by atoms with Crippen molar-refractivity contribution in [2.24, 2.45) is 0 Å². The average Bonchev–Trinajstić information content (AvgIpc) is 2.42. The fraction of sp³-hybridized carbons (Fsp3) is 0.600. The van der Waals surface area contributed by atoms with Crippen LogP contribution < -0.4 is 4.74 Å². The van der Waals surface area contributed by atoms with Crippen molar-refractivity contribution in [2.75, 3.05) is 19.7 Å². The molecule has 2 rings (SSSR count). The maximum absolute atomic E-state index is 13.3. The van der Waals surface area contributed by atoms with Crippen molar-refractivity contribution >= 4 is 5.91 Å². The zero-order valence-corrected chi connectivity index (χ0v) is 13.2. The van der Waals surface area contributed by atoms with Crippen LogP contribution in [0.5, 0.6) is 5.75 Å². The number of hydrogen-bond donors (Lipinski definition) is 0. The molecule has 1 aliphatic heterocycles. The zero-order valence-electron chi connectivity index (χ0n) is 13.2. The van der Waals surface area contributed by atoms with Crippen LogP contribution in [0.1, 0.15) is 20.8 Å². The molecule has 128 valence electrons. The van der Waals surface area contributed by atoms with Gasteiger partial charge in [-0.05, 0) is 32.9 Å². The molecule has 1 unspecified atom stereocenters. The lowest BCUT2D eigenvalue weighted by atomic mass is 9.96. The molecule has 23 heavy (non-hydrogen) atoms. The topological polar surface area (TPSA) is 51.7 Å². The van der Waals surface area contributed by atoms with Gasteiger partial charge in [-0.3, -0.25) is 9.78 Å². The Morgan fingerprint density at radius 2 is 2.09 bits per heavy atom. The lowest BCUT2D eigenvalue weighted by Gasteiger charge is -2.48. The van der Waals surface area contributed by atoms with Gasteiger partial charge < -0.3 is 14.4 Å². The van der Waals surface area contributed by atoms with E-state index in [1.165, 1.54) is 20.0 Å². The van der Waals surface area contributed by atoms with E-state index in [4.69, 9.17) is 9.47 Å². The van der Waals surface area contributed by atoms with Crippen LogP contribution in [0.15, 0.2) is 24.5 Å². The summed E-state index contributed by atoms with van der Waals surface area (Å²) in [6.07, 6.45) is -1.60. The Morgan fingerprint density at radius 3 is 2.65 bits per heavy atom. The average molecular weight is 332 g/mol. The third kappa shape index (κ3) is 4.13. The minimum atomic E-state index is -4.58. The predicted molar refractivity (Wildman–Crippen MR) is 75.9 cm³/mol. The monoisotopic (exact) mass is 332 g/mol. The van der Waals surface area contributed by atoms with Crippen LogP contribution in [-0.2, 0) is 9.53 Å².